The first kappa shape index (κ1) is 20.1. The molecule has 2 heterocycles. The predicted molar refractivity (Wildman–Crippen MR) is 118 cm³/mol. The standard InChI is InChI=1S/C22H19ClN4O2S/c1-27-11-10-24-20(27)19(14-6-8-17(29-2)9-7-14)26-21(28)18-13-30-22(25-18)15-4-3-5-16(23)12-15/h3-13,19H,1-2H3,(H,26,28). The zero-order valence-corrected chi connectivity index (χ0v) is 17.9. The average molecular weight is 439 g/mol. The Morgan fingerprint density at radius 1 is 1.23 bits per heavy atom. The van der Waals surface area contributed by atoms with Crippen LogP contribution in [0.15, 0.2) is 66.3 Å². The van der Waals surface area contributed by atoms with E-state index in [2.05, 4.69) is 15.3 Å². The van der Waals surface area contributed by atoms with Crippen molar-refractivity contribution >= 4 is 28.8 Å². The largest absolute Gasteiger partial charge is 0.497 e. The Hall–Kier alpha value is -3.16. The molecule has 0 aliphatic carbocycles. The fourth-order valence-electron chi connectivity index (χ4n) is 3.09. The summed E-state index contributed by atoms with van der Waals surface area (Å²) in [6, 6.07) is 14.5. The maximum atomic E-state index is 13.0. The molecule has 1 amide bonds. The first-order valence-corrected chi connectivity index (χ1v) is 10.4. The van der Waals surface area contributed by atoms with Gasteiger partial charge in [-0.05, 0) is 29.8 Å². The molecule has 0 aliphatic heterocycles. The van der Waals surface area contributed by atoms with Crippen molar-refractivity contribution in [2.75, 3.05) is 7.11 Å². The second kappa shape index (κ2) is 8.69. The van der Waals surface area contributed by atoms with Crippen molar-refractivity contribution in [3.63, 3.8) is 0 Å². The van der Waals surface area contributed by atoms with E-state index in [1.807, 2.05) is 60.3 Å². The van der Waals surface area contributed by atoms with Crippen LogP contribution in [0.2, 0.25) is 5.02 Å². The Bertz CT molecular complexity index is 1170. The number of amides is 1. The van der Waals surface area contributed by atoms with Gasteiger partial charge < -0.3 is 14.6 Å². The molecule has 6 nitrogen and oxygen atoms in total. The van der Waals surface area contributed by atoms with Gasteiger partial charge in [-0.1, -0.05) is 35.9 Å². The quantitative estimate of drug-likeness (QED) is 0.472. The number of methoxy groups -OCH3 is 1. The summed E-state index contributed by atoms with van der Waals surface area (Å²) in [6.45, 7) is 0. The Labute approximate surface area is 183 Å². The van der Waals surface area contributed by atoms with Crippen molar-refractivity contribution in [1.82, 2.24) is 19.9 Å². The molecule has 30 heavy (non-hydrogen) atoms. The van der Waals surface area contributed by atoms with Crippen LogP contribution < -0.4 is 10.1 Å². The van der Waals surface area contributed by atoms with Crippen LogP contribution in [0.3, 0.4) is 0 Å². The van der Waals surface area contributed by atoms with Gasteiger partial charge in [-0.15, -0.1) is 11.3 Å². The van der Waals surface area contributed by atoms with Crippen LogP contribution in [0.5, 0.6) is 5.75 Å². The summed E-state index contributed by atoms with van der Waals surface area (Å²) in [6.07, 6.45) is 3.55. The molecule has 0 aliphatic rings. The van der Waals surface area contributed by atoms with Crippen molar-refractivity contribution in [3.8, 4) is 16.3 Å². The van der Waals surface area contributed by atoms with Gasteiger partial charge in [0.25, 0.3) is 5.91 Å². The number of nitrogens with one attached hydrogen (secondary N) is 1. The Morgan fingerprint density at radius 3 is 2.70 bits per heavy atom. The summed E-state index contributed by atoms with van der Waals surface area (Å²) >= 11 is 7.47. The number of carbonyl (C=O) groups excluding carboxylic acids is 1. The molecule has 2 aromatic carbocycles. The summed E-state index contributed by atoms with van der Waals surface area (Å²) in [7, 11) is 3.51. The lowest BCUT2D eigenvalue weighted by molar-refractivity contribution is 0.0937. The number of aromatic nitrogens is 3. The van der Waals surface area contributed by atoms with Crippen molar-refractivity contribution in [3.05, 3.63) is 88.4 Å². The Morgan fingerprint density at radius 2 is 2.03 bits per heavy atom. The second-order valence-corrected chi connectivity index (χ2v) is 7.92. The summed E-state index contributed by atoms with van der Waals surface area (Å²) in [5, 5.41) is 6.17. The summed E-state index contributed by atoms with van der Waals surface area (Å²) in [4.78, 5) is 21.9. The predicted octanol–water partition coefficient (Wildman–Crippen LogP) is 4.73. The number of benzene rings is 2. The van der Waals surface area contributed by atoms with Crippen molar-refractivity contribution in [2.45, 2.75) is 6.04 Å². The highest BCUT2D eigenvalue weighted by molar-refractivity contribution is 7.13. The van der Waals surface area contributed by atoms with E-state index < -0.39 is 6.04 Å². The molecule has 0 saturated carbocycles. The molecule has 152 valence electrons. The van der Waals surface area contributed by atoms with Gasteiger partial charge in [0.05, 0.1) is 7.11 Å². The van der Waals surface area contributed by atoms with Crippen LogP contribution in [0.4, 0.5) is 0 Å². The van der Waals surface area contributed by atoms with Crippen molar-refractivity contribution in [2.24, 2.45) is 7.05 Å². The van der Waals surface area contributed by atoms with Gasteiger partial charge >= 0.3 is 0 Å². The number of imidazole rings is 1. The number of hydrogen-bond acceptors (Lipinski definition) is 5. The smallest absolute Gasteiger partial charge is 0.271 e. The number of carbonyl (C=O) groups is 1. The maximum Gasteiger partial charge on any atom is 0.271 e. The zero-order chi connectivity index (χ0) is 21.1. The summed E-state index contributed by atoms with van der Waals surface area (Å²) in [5.41, 5.74) is 2.12. The first-order chi connectivity index (χ1) is 14.5. The van der Waals surface area contributed by atoms with E-state index in [0.29, 0.717) is 10.7 Å². The highest BCUT2D eigenvalue weighted by Crippen LogP contribution is 2.27. The SMILES string of the molecule is COc1ccc(C(NC(=O)c2csc(-c3cccc(Cl)c3)n2)c2nccn2C)cc1. The van der Waals surface area contributed by atoms with Gasteiger partial charge in [0, 0.05) is 35.4 Å². The second-order valence-electron chi connectivity index (χ2n) is 6.62. The van der Waals surface area contributed by atoms with Crippen LogP contribution in [0.1, 0.15) is 27.9 Å². The van der Waals surface area contributed by atoms with Crippen molar-refractivity contribution in [1.29, 1.82) is 0 Å². The van der Waals surface area contributed by atoms with Gasteiger partial charge in [0.1, 0.15) is 28.3 Å². The Kier molecular flexibility index (Phi) is 5.83. The average Bonchev–Trinajstić information content (AvgIpc) is 3.41. The molecule has 0 bridgehead atoms. The lowest BCUT2D eigenvalue weighted by atomic mass is 10.1. The van der Waals surface area contributed by atoms with Crippen LogP contribution >= 0.6 is 22.9 Å². The highest BCUT2D eigenvalue weighted by Gasteiger charge is 2.23. The number of aryl methyl sites for hydroxylation is 1. The zero-order valence-electron chi connectivity index (χ0n) is 16.4. The third-order valence-corrected chi connectivity index (χ3v) is 5.78. The highest BCUT2D eigenvalue weighted by atomic mass is 35.5. The van der Waals surface area contributed by atoms with Gasteiger partial charge in [0.2, 0.25) is 0 Å². The number of halogens is 1. The minimum absolute atomic E-state index is 0.275. The van der Waals surface area contributed by atoms with E-state index in [1.54, 1.807) is 24.8 Å². The van der Waals surface area contributed by atoms with E-state index in [-0.39, 0.29) is 5.91 Å². The molecule has 1 atom stereocenters. The van der Waals surface area contributed by atoms with E-state index in [1.165, 1.54) is 11.3 Å². The fraction of sp³-hybridized carbons (Fsp3) is 0.136. The molecule has 0 radical (unpaired) electrons. The minimum Gasteiger partial charge on any atom is -0.497 e. The molecule has 2 aromatic heterocycles. The molecule has 4 aromatic rings. The molecule has 1 unspecified atom stereocenters. The van der Waals surface area contributed by atoms with Crippen LogP contribution in [-0.4, -0.2) is 27.6 Å². The van der Waals surface area contributed by atoms with Gasteiger partial charge in [0.15, 0.2) is 0 Å². The topological polar surface area (TPSA) is 69.0 Å². The lowest BCUT2D eigenvalue weighted by Crippen LogP contribution is -2.31. The van der Waals surface area contributed by atoms with Gasteiger partial charge in [-0.3, -0.25) is 4.79 Å². The van der Waals surface area contributed by atoms with E-state index in [9.17, 15) is 4.79 Å². The monoisotopic (exact) mass is 438 g/mol. The molecule has 8 heteroatoms. The molecule has 1 N–H and O–H groups in total. The van der Waals surface area contributed by atoms with E-state index in [0.717, 1.165) is 27.7 Å². The van der Waals surface area contributed by atoms with Gasteiger partial charge in [-0.25, -0.2) is 9.97 Å². The summed E-state index contributed by atoms with van der Waals surface area (Å²) < 4.78 is 7.12. The minimum atomic E-state index is -0.431. The molecule has 0 saturated heterocycles. The normalized spacial score (nSPS) is 11.8. The molecule has 4 rings (SSSR count). The third kappa shape index (κ3) is 4.22. The number of nitrogens with zero attached hydrogens (tertiary/aromatic N) is 3. The number of rotatable bonds is 6. The summed E-state index contributed by atoms with van der Waals surface area (Å²) in [5.74, 6) is 1.19. The van der Waals surface area contributed by atoms with Gasteiger partial charge in [-0.2, -0.15) is 0 Å². The van der Waals surface area contributed by atoms with Crippen LogP contribution in [0.25, 0.3) is 10.6 Å². The first-order valence-electron chi connectivity index (χ1n) is 9.18. The molecular weight excluding hydrogens is 420 g/mol. The van der Waals surface area contributed by atoms with E-state index >= 15 is 0 Å². The lowest BCUT2D eigenvalue weighted by Gasteiger charge is -2.19. The third-order valence-electron chi connectivity index (χ3n) is 4.65. The van der Waals surface area contributed by atoms with Crippen molar-refractivity contribution < 1.29 is 9.53 Å². The Balaban J connectivity index is 1.61. The van der Waals surface area contributed by atoms with Crippen LogP contribution in [0, 0.1) is 0 Å². The molecule has 0 spiro atoms. The maximum absolute atomic E-state index is 13.0. The molecule has 0 fully saturated rings. The number of thiazole rings is 1. The number of ether oxygens (including phenoxy) is 1. The molecular formula is C22H19ClN4O2S. The van der Waals surface area contributed by atoms with E-state index in [4.69, 9.17) is 16.3 Å². The number of hydrogen-bond donors (Lipinski definition) is 1. The van der Waals surface area contributed by atoms with Crippen LogP contribution in [-0.2, 0) is 7.05 Å². The fourth-order valence-corrected chi connectivity index (χ4v) is 4.07.